The Kier molecular flexibility index (Phi) is 6.02. The lowest BCUT2D eigenvalue weighted by atomic mass is 10.1. The highest BCUT2D eigenvalue weighted by molar-refractivity contribution is 7.80. The summed E-state index contributed by atoms with van der Waals surface area (Å²) < 4.78 is 12.6. The van der Waals surface area contributed by atoms with E-state index in [-0.39, 0.29) is 10.7 Å². The van der Waals surface area contributed by atoms with Crippen LogP contribution in [0.4, 0.5) is 5.69 Å². The predicted molar refractivity (Wildman–Crippen MR) is 131 cm³/mol. The lowest BCUT2D eigenvalue weighted by molar-refractivity contribution is -0.122. The number of benzene rings is 2. The van der Waals surface area contributed by atoms with E-state index in [1.807, 2.05) is 48.9 Å². The average molecular weight is 462 g/mol. The fourth-order valence-corrected chi connectivity index (χ4v) is 4.07. The maximum atomic E-state index is 13.5. The smallest absolute Gasteiger partial charge is 0.270 e. The van der Waals surface area contributed by atoms with Gasteiger partial charge >= 0.3 is 0 Å². The number of hydrogen-bond donors (Lipinski definition) is 1. The molecule has 4 rings (SSSR count). The van der Waals surface area contributed by atoms with Crippen LogP contribution in [0.15, 0.2) is 60.3 Å². The molecular formula is C25H23N3O4S. The van der Waals surface area contributed by atoms with Crippen LogP contribution >= 0.6 is 12.2 Å². The molecule has 33 heavy (non-hydrogen) atoms. The van der Waals surface area contributed by atoms with E-state index < -0.39 is 11.8 Å². The number of carbonyl (C=O) groups excluding carboxylic acids is 2. The summed E-state index contributed by atoms with van der Waals surface area (Å²) in [6.45, 7) is 4.05. The van der Waals surface area contributed by atoms with E-state index in [1.54, 1.807) is 24.3 Å². The van der Waals surface area contributed by atoms with E-state index in [2.05, 4.69) is 11.4 Å². The van der Waals surface area contributed by atoms with Crippen molar-refractivity contribution in [1.82, 2.24) is 9.88 Å². The largest absolute Gasteiger partial charge is 0.497 e. The molecule has 0 bridgehead atoms. The highest BCUT2D eigenvalue weighted by Gasteiger charge is 2.36. The SMILES string of the molecule is COc1ccc(N2C(=O)/C(=C/c3cccn3-c3ccc(C)cc3C)C(=O)NC2=S)c(OC)c1. The van der Waals surface area contributed by atoms with Crippen LogP contribution in [-0.4, -0.2) is 35.7 Å². The van der Waals surface area contributed by atoms with Gasteiger partial charge in [-0.1, -0.05) is 17.7 Å². The number of aromatic nitrogens is 1. The number of carbonyl (C=O) groups is 2. The number of hydrogen-bond acceptors (Lipinski definition) is 5. The quantitative estimate of drug-likeness (QED) is 0.354. The Morgan fingerprint density at radius 1 is 0.970 bits per heavy atom. The summed E-state index contributed by atoms with van der Waals surface area (Å²) in [6, 6.07) is 14.8. The first-order chi connectivity index (χ1) is 15.8. The lowest BCUT2D eigenvalue weighted by Crippen LogP contribution is -2.54. The number of aryl methyl sites for hydroxylation is 2. The Balaban J connectivity index is 1.77. The van der Waals surface area contributed by atoms with Crippen LogP contribution < -0.4 is 19.7 Å². The third-order valence-corrected chi connectivity index (χ3v) is 5.70. The number of methoxy groups -OCH3 is 2. The predicted octanol–water partition coefficient (Wildman–Crippen LogP) is 3.94. The molecule has 7 nitrogen and oxygen atoms in total. The standard InChI is InChI=1S/C25H23N3O4S/c1-15-7-9-20(16(2)12-15)27-11-5-6-17(27)13-19-23(29)26-25(33)28(24(19)30)21-10-8-18(31-3)14-22(21)32-4/h5-14H,1-4H3,(H,26,29,33)/b19-13+. The molecule has 2 aromatic carbocycles. The summed E-state index contributed by atoms with van der Waals surface area (Å²) in [4.78, 5) is 27.5. The Bertz CT molecular complexity index is 1310. The number of ether oxygens (including phenoxy) is 2. The first-order valence-corrected chi connectivity index (χ1v) is 10.6. The molecule has 3 aromatic rings. The van der Waals surface area contributed by atoms with Gasteiger partial charge in [-0.15, -0.1) is 0 Å². The first-order valence-electron chi connectivity index (χ1n) is 10.2. The zero-order chi connectivity index (χ0) is 23.7. The van der Waals surface area contributed by atoms with Crippen molar-refractivity contribution in [2.45, 2.75) is 13.8 Å². The van der Waals surface area contributed by atoms with Gasteiger partial charge in [-0.25, -0.2) is 4.90 Å². The molecule has 0 aliphatic carbocycles. The Labute approximate surface area is 197 Å². The molecule has 0 radical (unpaired) electrons. The summed E-state index contributed by atoms with van der Waals surface area (Å²) in [5.74, 6) is -0.140. The maximum absolute atomic E-state index is 13.5. The van der Waals surface area contributed by atoms with Gasteiger partial charge in [0, 0.05) is 23.6 Å². The van der Waals surface area contributed by atoms with Gasteiger partial charge in [0.1, 0.15) is 17.1 Å². The van der Waals surface area contributed by atoms with Gasteiger partial charge in [-0.05, 0) is 68.0 Å². The normalized spacial score (nSPS) is 15.1. The molecule has 1 saturated heterocycles. The molecule has 1 N–H and O–H groups in total. The number of nitrogens with one attached hydrogen (secondary N) is 1. The second-order valence-corrected chi connectivity index (χ2v) is 7.98. The molecular weight excluding hydrogens is 438 g/mol. The van der Waals surface area contributed by atoms with Crippen molar-refractivity contribution in [2.24, 2.45) is 0 Å². The van der Waals surface area contributed by atoms with Crippen molar-refractivity contribution >= 4 is 40.9 Å². The van der Waals surface area contributed by atoms with Gasteiger partial charge in [0.15, 0.2) is 5.11 Å². The average Bonchev–Trinajstić information content (AvgIpc) is 3.24. The Morgan fingerprint density at radius 3 is 2.42 bits per heavy atom. The summed E-state index contributed by atoms with van der Waals surface area (Å²) in [6.07, 6.45) is 3.46. The lowest BCUT2D eigenvalue weighted by Gasteiger charge is -2.30. The van der Waals surface area contributed by atoms with E-state index >= 15 is 0 Å². The minimum absolute atomic E-state index is 0.0182. The van der Waals surface area contributed by atoms with Gasteiger partial charge in [0.25, 0.3) is 11.8 Å². The first kappa shape index (κ1) is 22.3. The molecule has 0 spiro atoms. The molecule has 2 amide bonds. The van der Waals surface area contributed by atoms with Crippen molar-refractivity contribution in [3.8, 4) is 17.2 Å². The maximum Gasteiger partial charge on any atom is 0.270 e. The van der Waals surface area contributed by atoms with E-state index in [0.29, 0.717) is 22.9 Å². The van der Waals surface area contributed by atoms with Crippen LogP contribution in [0.2, 0.25) is 0 Å². The summed E-state index contributed by atoms with van der Waals surface area (Å²) >= 11 is 5.32. The van der Waals surface area contributed by atoms with Crippen molar-refractivity contribution in [3.05, 3.63) is 77.1 Å². The van der Waals surface area contributed by atoms with Crippen molar-refractivity contribution in [1.29, 1.82) is 0 Å². The van der Waals surface area contributed by atoms with E-state index in [9.17, 15) is 9.59 Å². The summed E-state index contributed by atoms with van der Waals surface area (Å²) in [5.41, 5.74) is 4.26. The second-order valence-electron chi connectivity index (χ2n) is 7.59. The number of thiocarbonyl (C=S) groups is 1. The van der Waals surface area contributed by atoms with Crippen molar-refractivity contribution in [3.63, 3.8) is 0 Å². The highest BCUT2D eigenvalue weighted by atomic mass is 32.1. The number of rotatable bonds is 5. The van der Waals surface area contributed by atoms with Gasteiger partial charge < -0.3 is 14.0 Å². The molecule has 1 aromatic heterocycles. The number of amides is 2. The highest BCUT2D eigenvalue weighted by Crippen LogP contribution is 2.34. The summed E-state index contributed by atoms with van der Waals surface area (Å²) in [5, 5.41) is 2.59. The summed E-state index contributed by atoms with van der Waals surface area (Å²) in [7, 11) is 3.03. The van der Waals surface area contributed by atoms with Crippen LogP contribution in [0.5, 0.6) is 11.5 Å². The minimum Gasteiger partial charge on any atom is -0.497 e. The molecule has 8 heteroatoms. The van der Waals surface area contributed by atoms with Crippen LogP contribution in [0.1, 0.15) is 16.8 Å². The second kappa shape index (κ2) is 8.91. The monoisotopic (exact) mass is 461 g/mol. The topological polar surface area (TPSA) is 72.8 Å². The number of nitrogens with zero attached hydrogens (tertiary/aromatic N) is 2. The Morgan fingerprint density at radius 2 is 1.73 bits per heavy atom. The third-order valence-electron chi connectivity index (χ3n) is 5.41. The number of anilines is 1. The van der Waals surface area contributed by atoms with Crippen LogP contribution in [0.3, 0.4) is 0 Å². The molecule has 0 atom stereocenters. The molecule has 1 aliphatic heterocycles. The van der Waals surface area contributed by atoms with Gasteiger partial charge in [0.2, 0.25) is 0 Å². The molecule has 0 unspecified atom stereocenters. The van der Waals surface area contributed by atoms with Crippen LogP contribution in [-0.2, 0) is 9.59 Å². The van der Waals surface area contributed by atoms with Gasteiger partial charge in [0.05, 0.1) is 19.9 Å². The van der Waals surface area contributed by atoms with Gasteiger partial charge in [-0.3, -0.25) is 14.9 Å². The van der Waals surface area contributed by atoms with Gasteiger partial charge in [-0.2, -0.15) is 0 Å². The molecule has 168 valence electrons. The molecule has 1 fully saturated rings. The molecule has 1 aliphatic rings. The molecule has 0 saturated carbocycles. The zero-order valence-electron chi connectivity index (χ0n) is 18.7. The minimum atomic E-state index is -0.554. The van der Waals surface area contributed by atoms with Crippen molar-refractivity contribution in [2.75, 3.05) is 19.1 Å². The van der Waals surface area contributed by atoms with Crippen molar-refractivity contribution < 1.29 is 19.1 Å². The fraction of sp³-hybridized carbons (Fsp3) is 0.160. The molecule has 2 heterocycles. The zero-order valence-corrected chi connectivity index (χ0v) is 19.5. The van der Waals surface area contributed by atoms with Crippen LogP contribution in [0, 0.1) is 13.8 Å². The van der Waals surface area contributed by atoms with E-state index in [0.717, 1.165) is 16.8 Å². The Hall–Kier alpha value is -3.91. The van der Waals surface area contributed by atoms with E-state index in [1.165, 1.54) is 19.1 Å². The van der Waals surface area contributed by atoms with Crippen LogP contribution in [0.25, 0.3) is 11.8 Å². The fourth-order valence-electron chi connectivity index (χ4n) is 3.80. The third kappa shape index (κ3) is 4.12. The van der Waals surface area contributed by atoms with E-state index in [4.69, 9.17) is 21.7 Å².